The second kappa shape index (κ2) is 12.6. The number of ketones is 1. The van der Waals surface area contributed by atoms with Gasteiger partial charge in [-0.2, -0.15) is 0 Å². The van der Waals surface area contributed by atoms with E-state index in [1.807, 2.05) is 0 Å². The van der Waals surface area contributed by atoms with Crippen molar-refractivity contribution < 1.29 is 29.0 Å². The molecule has 0 aromatic carbocycles. The van der Waals surface area contributed by atoms with E-state index in [4.69, 9.17) is 9.84 Å². The highest BCUT2D eigenvalue weighted by molar-refractivity contribution is 5.87. The molecule has 0 amide bonds. The molecule has 1 saturated carbocycles. The lowest BCUT2D eigenvalue weighted by Crippen LogP contribution is -2.24. The lowest BCUT2D eigenvalue weighted by molar-refractivity contribution is -0.146. The Balaban J connectivity index is 2.47. The van der Waals surface area contributed by atoms with Crippen LogP contribution in [0.2, 0.25) is 0 Å². The molecule has 29 heavy (non-hydrogen) atoms. The molecule has 0 spiro atoms. The van der Waals surface area contributed by atoms with Gasteiger partial charge in [0.15, 0.2) is 0 Å². The Morgan fingerprint density at radius 2 is 2.00 bits per heavy atom. The van der Waals surface area contributed by atoms with E-state index in [1.54, 1.807) is 0 Å². The minimum Gasteiger partial charge on any atom is -0.475 e. The van der Waals surface area contributed by atoms with Crippen molar-refractivity contribution >= 4 is 17.7 Å². The summed E-state index contributed by atoms with van der Waals surface area (Å²) in [7, 11) is 0. The second-order valence-corrected chi connectivity index (χ2v) is 8.27. The molecule has 6 heteroatoms. The number of hydrogen-bond donors (Lipinski definition) is 1. The van der Waals surface area contributed by atoms with Gasteiger partial charge >= 0.3 is 11.9 Å². The predicted octanol–water partition coefficient (Wildman–Crippen LogP) is 4.83. The summed E-state index contributed by atoms with van der Waals surface area (Å²) in [6.45, 7) is 8.18. The first-order valence-corrected chi connectivity index (χ1v) is 10.6. The summed E-state index contributed by atoms with van der Waals surface area (Å²) in [6, 6.07) is 0. The number of Topliss-reactive ketones (excluding diaryl/α,β-unsaturated/α-hetero) is 1. The normalized spacial score (nSPS) is 20.4. The molecule has 1 fully saturated rings. The zero-order valence-electron chi connectivity index (χ0n) is 18.2. The van der Waals surface area contributed by atoms with Crippen LogP contribution < -0.4 is 0 Å². The van der Waals surface area contributed by atoms with Crippen LogP contribution in [0.25, 0.3) is 0 Å². The molecule has 0 saturated heterocycles. The lowest BCUT2D eigenvalue weighted by Gasteiger charge is -2.24. The number of carboxylic acid groups (broad SMARTS) is 1. The molecule has 2 atom stereocenters. The fourth-order valence-electron chi connectivity index (χ4n) is 3.57. The van der Waals surface area contributed by atoms with Gasteiger partial charge in [-0.05, 0) is 64.4 Å². The first-order chi connectivity index (χ1) is 13.7. The Morgan fingerprint density at radius 1 is 1.28 bits per heavy atom. The van der Waals surface area contributed by atoms with Gasteiger partial charge in [-0.25, -0.2) is 4.79 Å². The summed E-state index contributed by atoms with van der Waals surface area (Å²) >= 11 is 0. The molecule has 1 aliphatic carbocycles. The smallest absolute Gasteiger partial charge is 0.371 e. The van der Waals surface area contributed by atoms with Gasteiger partial charge in [-0.3, -0.25) is 9.59 Å². The third kappa shape index (κ3) is 9.88. The van der Waals surface area contributed by atoms with Crippen LogP contribution >= 0.6 is 0 Å². The molecule has 0 bridgehead atoms. The largest absolute Gasteiger partial charge is 0.475 e. The highest BCUT2D eigenvalue weighted by Gasteiger charge is 2.32. The Bertz CT molecular complexity index is 617. The number of allylic oxidation sites excluding steroid dienone is 2. The van der Waals surface area contributed by atoms with E-state index in [9.17, 15) is 14.4 Å². The molecule has 0 unspecified atom stereocenters. The van der Waals surface area contributed by atoms with Crippen LogP contribution in [-0.4, -0.2) is 35.0 Å². The molecular weight excluding hydrogens is 372 g/mol. The highest BCUT2D eigenvalue weighted by Crippen LogP contribution is 2.34. The van der Waals surface area contributed by atoms with Gasteiger partial charge in [0.25, 0.3) is 0 Å². The Kier molecular flexibility index (Phi) is 10.9. The summed E-state index contributed by atoms with van der Waals surface area (Å²) in [5, 5.41) is 9.00. The maximum Gasteiger partial charge on any atom is 0.371 e. The zero-order chi connectivity index (χ0) is 21.9. The molecule has 0 radical (unpaired) electrons. The topological polar surface area (TPSA) is 89.9 Å². The summed E-state index contributed by atoms with van der Waals surface area (Å²) in [5.74, 6) is -1.58. The van der Waals surface area contributed by atoms with E-state index in [2.05, 4.69) is 37.7 Å². The summed E-state index contributed by atoms with van der Waals surface area (Å²) < 4.78 is 10.5. The number of esters is 1. The second-order valence-electron chi connectivity index (χ2n) is 8.27. The van der Waals surface area contributed by atoms with Gasteiger partial charge in [-0.1, -0.05) is 25.5 Å². The molecule has 0 heterocycles. The van der Waals surface area contributed by atoms with Crippen molar-refractivity contribution in [2.45, 2.75) is 84.7 Å². The number of unbranched alkanes of at least 4 members (excludes halogenated alkanes) is 2. The Hall–Kier alpha value is -1.95. The van der Waals surface area contributed by atoms with Gasteiger partial charge in [0.05, 0.1) is 5.60 Å². The third-order valence-corrected chi connectivity index (χ3v) is 5.11. The Labute approximate surface area is 174 Å². The first kappa shape index (κ1) is 25.1. The molecular formula is C23H36O6. The van der Waals surface area contributed by atoms with Crippen molar-refractivity contribution in [2.75, 3.05) is 6.61 Å². The quantitative estimate of drug-likeness (QED) is 0.154. The average Bonchev–Trinajstić information content (AvgIpc) is 2.98. The van der Waals surface area contributed by atoms with E-state index < -0.39 is 11.9 Å². The molecule has 1 N–H and O–H groups in total. The van der Waals surface area contributed by atoms with E-state index in [0.717, 1.165) is 45.1 Å². The molecule has 0 aromatic rings. The van der Waals surface area contributed by atoms with Crippen LogP contribution in [-0.2, 0) is 23.9 Å². The SMILES string of the molecule is CCCOC(C)(C)C/C=C/[C@H]1CCC(=O)[C@@H]1CCCC/C=C(\OC(C)=O)C(=O)O. The third-order valence-electron chi connectivity index (χ3n) is 5.11. The number of carbonyl (C=O) groups excluding carboxylic acids is 2. The summed E-state index contributed by atoms with van der Waals surface area (Å²) in [4.78, 5) is 34.2. The van der Waals surface area contributed by atoms with Gasteiger partial charge in [-0.15, -0.1) is 0 Å². The molecule has 1 aliphatic rings. The number of carbonyl (C=O) groups is 3. The van der Waals surface area contributed by atoms with Crippen molar-refractivity contribution in [2.24, 2.45) is 11.8 Å². The summed E-state index contributed by atoms with van der Waals surface area (Å²) in [5.41, 5.74) is -0.194. The molecule has 6 nitrogen and oxygen atoms in total. The average molecular weight is 409 g/mol. The van der Waals surface area contributed by atoms with Gasteiger partial charge in [0.1, 0.15) is 5.78 Å². The Morgan fingerprint density at radius 3 is 2.62 bits per heavy atom. The minimum atomic E-state index is -1.25. The first-order valence-electron chi connectivity index (χ1n) is 10.6. The van der Waals surface area contributed by atoms with E-state index in [0.29, 0.717) is 18.6 Å². The molecule has 0 aromatic heterocycles. The number of ether oxygens (including phenoxy) is 2. The van der Waals surface area contributed by atoms with Crippen molar-refractivity contribution in [3.05, 3.63) is 24.0 Å². The fourth-order valence-corrected chi connectivity index (χ4v) is 3.57. The number of hydrogen-bond acceptors (Lipinski definition) is 5. The van der Waals surface area contributed by atoms with Crippen molar-refractivity contribution in [3.8, 4) is 0 Å². The van der Waals surface area contributed by atoms with Crippen LogP contribution in [0.5, 0.6) is 0 Å². The number of rotatable bonds is 13. The number of carboxylic acids is 1. The van der Waals surface area contributed by atoms with E-state index >= 15 is 0 Å². The fraction of sp³-hybridized carbons (Fsp3) is 0.696. The number of aliphatic carboxylic acids is 1. The standard InChI is InChI=1S/C23H36O6/c1-5-16-28-23(3,4)15-9-10-18-13-14-20(25)19(18)11-7-6-8-12-21(22(26)27)29-17(2)24/h9-10,12,18-19H,5-8,11,13-16H2,1-4H3,(H,26,27)/b10-9+,21-12-/t18-,19+/m0/s1. The minimum absolute atomic E-state index is 0.0438. The van der Waals surface area contributed by atoms with Crippen LogP contribution in [0.4, 0.5) is 0 Å². The van der Waals surface area contributed by atoms with Gasteiger partial charge in [0, 0.05) is 25.9 Å². The van der Waals surface area contributed by atoms with Crippen LogP contribution in [0.1, 0.15) is 79.1 Å². The lowest BCUT2D eigenvalue weighted by atomic mass is 9.89. The van der Waals surface area contributed by atoms with Crippen LogP contribution in [0, 0.1) is 11.8 Å². The van der Waals surface area contributed by atoms with Gasteiger partial charge in [0.2, 0.25) is 5.76 Å². The van der Waals surface area contributed by atoms with E-state index in [-0.39, 0.29) is 23.2 Å². The summed E-state index contributed by atoms with van der Waals surface area (Å²) in [6.07, 6.45) is 12.0. The van der Waals surface area contributed by atoms with Gasteiger partial charge < -0.3 is 14.6 Å². The molecule has 0 aliphatic heterocycles. The monoisotopic (exact) mass is 408 g/mol. The van der Waals surface area contributed by atoms with Crippen molar-refractivity contribution in [3.63, 3.8) is 0 Å². The van der Waals surface area contributed by atoms with Crippen molar-refractivity contribution in [1.82, 2.24) is 0 Å². The maximum atomic E-state index is 12.3. The van der Waals surface area contributed by atoms with Crippen molar-refractivity contribution in [1.29, 1.82) is 0 Å². The zero-order valence-corrected chi connectivity index (χ0v) is 18.2. The highest BCUT2D eigenvalue weighted by atomic mass is 16.6. The molecule has 1 rings (SSSR count). The van der Waals surface area contributed by atoms with Crippen LogP contribution in [0.3, 0.4) is 0 Å². The predicted molar refractivity (Wildman–Crippen MR) is 111 cm³/mol. The maximum absolute atomic E-state index is 12.3. The van der Waals surface area contributed by atoms with Crippen LogP contribution in [0.15, 0.2) is 24.0 Å². The molecule has 164 valence electrons. The van der Waals surface area contributed by atoms with E-state index in [1.165, 1.54) is 13.0 Å².